The van der Waals surface area contributed by atoms with Gasteiger partial charge < -0.3 is 4.74 Å². The van der Waals surface area contributed by atoms with Crippen LogP contribution in [0.15, 0.2) is 0 Å². The van der Waals surface area contributed by atoms with Crippen molar-refractivity contribution >= 4 is 11.8 Å². The second-order valence-corrected chi connectivity index (χ2v) is 4.90. The Hall–Kier alpha value is -0.860. The van der Waals surface area contributed by atoms with Gasteiger partial charge in [0.25, 0.3) is 0 Å². The third-order valence-electron chi connectivity index (χ3n) is 2.99. The van der Waals surface area contributed by atoms with Crippen molar-refractivity contribution in [1.29, 1.82) is 0 Å². The van der Waals surface area contributed by atoms with Crippen LogP contribution in [0.4, 0.5) is 0 Å². The highest BCUT2D eigenvalue weighted by Crippen LogP contribution is 2.13. The molecule has 0 amide bonds. The van der Waals surface area contributed by atoms with Crippen molar-refractivity contribution in [2.75, 3.05) is 6.61 Å². The molecule has 0 heterocycles. The van der Waals surface area contributed by atoms with Crippen LogP contribution in [-0.2, 0) is 14.3 Å². The van der Waals surface area contributed by atoms with E-state index in [4.69, 9.17) is 4.74 Å². The van der Waals surface area contributed by atoms with E-state index in [0.717, 1.165) is 19.3 Å². The zero-order valence-electron chi connectivity index (χ0n) is 11.6. The first kappa shape index (κ1) is 16.1. The van der Waals surface area contributed by atoms with Gasteiger partial charge in [-0.25, -0.2) is 0 Å². The lowest BCUT2D eigenvalue weighted by atomic mass is 10.0. The van der Waals surface area contributed by atoms with Crippen molar-refractivity contribution in [1.82, 2.24) is 0 Å². The summed E-state index contributed by atoms with van der Waals surface area (Å²) in [4.78, 5) is 22.7. The predicted octanol–water partition coefficient (Wildman–Crippen LogP) is 3.36. The maximum Gasteiger partial charge on any atom is 0.313 e. The highest BCUT2D eigenvalue weighted by Gasteiger charge is 2.15. The topological polar surface area (TPSA) is 43.4 Å². The Morgan fingerprint density at radius 2 is 1.82 bits per heavy atom. The van der Waals surface area contributed by atoms with Gasteiger partial charge in [-0.2, -0.15) is 0 Å². The molecule has 100 valence electrons. The predicted molar refractivity (Wildman–Crippen MR) is 68.7 cm³/mol. The number of rotatable bonds is 9. The molecule has 0 saturated heterocycles. The average molecular weight is 242 g/mol. The van der Waals surface area contributed by atoms with Gasteiger partial charge in [-0.05, 0) is 12.3 Å². The Labute approximate surface area is 105 Å². The molecule has 0 aromatic heterocycles. The molecule has 1 atom stereocenters. The van der Waals surface area contributed by atoms with E-state index in [1.807, 2.05) is 0 Å². The second-order valence-electron chi connectivity index (χ2n) is 4.90. The van der Waals surface area contributed by atoms with E-state index in [0.29, 0.717) is 12.5 Å². The zero-order valence-corrected chi connectivity index (χ0v) is 11.6. The summed E-state index contributed by atoms with van der Waals surface area (Å²) >= 11 is 0. The van der Waals surface area contributed by atoms with E-state index in [1.54, 1.807) is 13.8 Å². The Bertz CT molecular complexity index is 234. The van der Waals surface area contributed by atoms with Crippen LogP contribution < -0.4 is 0 Å². The minimum atomic E-state index is -0.376. The molecule has 3 nitrogen and oxygen atoms in total. The fourth-order valence-corrected chi connectivity index (χ4v) is 1.51. The second kappa shape index (κ2) is 9.20. The molecule has 0 radical (unpaired) electrons. The summed E-state index contributed by atoms with van der Waals surface area (Å²) < 4.78 is 5.15. The number of hydrogen-bond acceptors (Lipinski definition) is 3. The van der Waals surface area contributed by atoms with Gasteiger partial charge in [0.2, 0.25) is 0 Å². The van der Waals surface area contributed by atoms with E-state index in [-0.39, 0.29) is 24.1 Å². The zero-order chi connectivity index (χ0) is 13.3. The summed E-state index contributed by atoms with van der Waals surface area (Å²) in [6.45, 7) is 8.31. The smallest absolute Gasteiger partial charge is 0.313 e. The molecule has 0 spiro atoms. The lowest BCUT2D eigenvalue weighted by Gasteiger charge is -2.14. The fourth-order valence-electron chi connectivity index (χ4n) is 1.51. The Morgan fingerprint density at radius 3 is 2.29 bits per heavy atom. The molecule has 0 aliphatic carbocycles. The van der Waals surface area contributed by atoms with E-state index >= 15 is 0 Å². The van der Waals surface area contributed by atoms with Gasteiger partial charge in [-0.15, -0.1) is 0 Å². The van der Waals surface area contributed by atoms with Gasteiger partial charge in [0.05, 0.1) is 6.61 Å². The van der Waals surface area contributed by atoms with Gasteiger partial charge >= 0.3 is 5.97 Å². The maximum absolute atomic E-state index is 11.4. The van der Waals surface area contributed by atoms with Crippen LogP contribution in [0.25, 0.3) is 0 Å². The maximum atomic E-state index is 11.4. The lowest BCUT2D eigenvalue weighted by Crippen LogP contribution is -2.18. The minimum Gasteiger partial charge on any atom is -0.465 e. The van der Waals surface area contributed by atoms with Crippen molar-refractivity contribution in [3.8, 4) is 0 Å². The van der Waals surface area contributed by atoms with Crippen LogP contribution in [0.5, 0.6) is 0 Å². The van der Waals surface area contributed by atoms with E-state index in [9.17, 15) is 9.59 Å². The first-order chi connectivity index (χ1) is 8.01. The number of Topliss-reactive ketones (excluding diaryl/α,β-unsaturated/α-hetero) is 1. The van der Waals surface area contributed by atoms with Gasteiger partial charge in [0.15, 0.2) is 0 Å². The molecule has 1 unspecified atom stereocenters. The molecule has 0 aromatic carbocycles. The number of ketones is 1. The molecule has 17 heavy (non-hydrogen) atoms. The number of esters is 1. The highest BCUT2D eigenvalue weighted by atomic mass is 16.5. The van der Waals surface area contributed by atoms with Gasteiger partial charge in [-0.1, -0.05) is 47.0 Å². The van der Waals surface area contributed by atoms with Crippen LogP contribution in [0, 0.1) is 11.8 Å². The van der Waals surface area contributed by atoms with Crippen LogP contribution in [0.2, 0.25) is 0 Å². The molecular formula is C14H26O3. The van der Waals surface area contributed by atoms with Crippen LogP contribution >= 0.6 is 0 Å². The van der Waals surface area contributed by atoms with Crippen molar-refractivity contribution in [3.05, 3.63) is 0 Å². The summed E-state index contributed by atoms with van der Waals surface area (Å²) in [5, 5.41) is 0. The largest absolute Gasteiger partial charge is 0.465 e. The summed E-state index contributed by atoms with van der Waals surface area (Å²) in [5.74, 6) is -0.0760. The SMILES string of the molecule is CCCCC(CC)COC(=O)CC(=O)C(C)C. The minimum absolute atomic E-state index is 0.0448. The molecule has 0 aliphatic heterocycles. The first-order valence-corrected chi connectivity index (χ1v) is 6.69. The van der Waals surface area contributed by atoms with E-state index in [2.05, 4.69) is 13.8 Å². The molecule has 0 fully saturated rings. The van der Waals surface area contributed by atoms with Crippen molar-refractivity contribution in [2.24, 2.45) is 11.8 Å². The Morgan fingerprint density at radius 1 is 1.18 bits per heavy atom. The monoisotopic (exact) mass is 242 g/mol. The number of carbonyl (C=O) groups is 2. The Balaban J connectivity index is 3.84. The standard InChI is InChI=1S/C14H26O3/c1-5-7-8-12(6-2)10-17-14(16)9-13(15)11(3)4/h11-12H,5-10H2,1-4H3. The molecule has 0 bridgehead atoms. The summed E-state index contributed by atoms with van der Waals surface area (Å²) in [7, 11) is 0. The van der Waals surface area contributed by atoms with Gasteiger partial charge in [0, 0.05) is 5.92 Å². The van der Waals surface area contributed by atoms with Crippen molar-refractivity contribution < 1.29 is 14.3 Å². The summed E-state index contributed by atoms with van der Waals surface area (Å²) in [6.07, 6.45) is 4.36. The summed E-state index contributed by atoms with van der Waals surface area (Å²) in [5.41, 5.74) is 0. The molecule has 3 heteroatoms. The third kappa shape index (κ3) is 7.94. The lowest BCUT2D eigenvalue weighted by molar-refractivity contribution is -0.147. The molecule has 0 aliphatic rings. The van der Waals surface area contributed by atoms with Gasteiger partial charge in [-0.3, -0.25) is 9.59 Å². The fraction of sp³-hybridized carbons (Fsp3) is 0.857. The van der Waals surface area contributed by atoms with Crippen LogP contribution in [-0.4, -0.2) is 18.4 Å². The van der Waals surface area contributed by atoms with E-state index in [1.165, 1.54) is 6.42 Å². The normalized spacial score (nSPS) is 12.5. The number of unbranched alkanes of at least 4 members (excludes halogenated alkanes) is 1. The Kier molecular flexibility index (Phi) is 8.73. The highest BCUT2D eigenvalue weighted by molar-refractivity contribution is 5.96. The average Bonchev–Trinajstić information content (AvgIpc) is 2.29. The summed E-state index contributed by atoms with van der Waals surface area (Å²) in [6, 6.07) is 0. The molecule has 0 rings (SSSR count). The van der Waals surface area contributed by atoms with Crippen LogP contribution in [0.3, 0.4) is 0 Å². The van der Waals surface area contributed by atoms with Crippen molar-refractivity contribution in [2.45, 2.75) is 59.8 Å². The molecule has 0 aromatic rings. The molecular weight excluding hydrogens is 216 g/mol. The number of carbonyl (C=O) groups excluding carboxylic acids is 2. The quantitative estimate of drug-likeness (QED) is 0.460. The molecule has 0 N–H and O–H groups in total. The van der Waals surface area contributed by atoms with Crippen LogP contribution in [0.1, 0.15) is 59.8 Å². The third-order valence-corrected chi connectivity index (χ3v) is 2.99. The number of ether oxygens (including phenoxy) is 1. The van der Waals surface area contributed by atoms with E-state index < -0.39 is 0 Å². The number of hydrogen-bond donors (Lipinski definition) is 0. The molecule has 0 saturated carbocycles. The van der Waals surface area contributed by atoms with Crippen molar-refractivity contribution in [3.63, 3.8) is 0 Å². The first-order valence-electron chi connectivity index (χ1n) is 6.69. The van der Waals surface area contributed by atoms with Gasteiger partial charge in [0.1, 0.15) is 12.2 Å².